The molecule has 5 aliphatic rings. The molecule has 15 heteroatoms. The first-order valence-electron chi connectivity index (χ1n) is 18.5. The molecule has 2 saturated heterocycles. The Bertz CT molecular complexity index is 1450. The number of nitrogens with two attached hydrogens (primary N) is 1. The van der Waals surface area contributed by atoms with E-state index in [2.05, 4.69) is 29.8 Å². The zero-order valence-electron chi connectivity index (χ0n) is 30.9. The number of fused-ring (bicyclic) bond motifs is 1. The van der Waals surface area contributed by atoms with Gasteiger partial charge in [0, 0.05) is 38.3 Å². The van der Waals surface area contributed by atoms with Gasteiger partial charge in [-0.25, -0.2) is 4.79 Å². The van der Waals surface area contributed by atoms with Gasteiger partial charge in [0.15, 0.2) is 0 Å². The molecule has 0 bridgehead atoms. The zero-order chi connectivity index (χ0) is 36.9. The van der Waals surface area contributed by atoms with Crippen LogP contribution in [0, 0.1) is 34.5 Å². The minimum Gasteiger partial charge on any atom is -0.363 e. The normalized spacial score (nSPS) is 28.4. The highest BCUT2D eigenvalue weighted by molar-refractivity contribution is 7.87. The standard InChI is InChI=1S/C35H59N7O7S/c1-20(2)42-16-15-40(50(42,48)49)19-25(34(3,4)5)38-33(47)39-27(22-11-9-8-10-12-22)32(46)41-18-23-26(35(23,6)7)28(41)31(45)37-24(17-21-13-14-21)29(43)30(36)44/h20-28H,8-19H2,1-7H3,(H2,36,44)(H,37,45)(H2,38,39,47)/t23-,24?,25+,26-,27-,28-/m0/s1. The monoisotopic (exact) mass is 721 g/mol. The number of Topliss-reactive ketones (excluding diaryl/α,β-unsaturated/α-hetero) is 1. The first-order valence-corrected chi connectivity index (χ1v) is 19.9. The number of hydrogen-bond donors (Lipinski definition) is 4. The number of amides is 5. The van der Waals surface area contributed by atoms with Crippen molar-refractivity contribution in [2.75, 3.05) is 26.2 Å². The Kier molecular flexibility index (Phi) is 11.0. The van der Waals surface area contributed by atoms with E-state index in [1.54, 1.807) is 4.90 Å². The van der Waals surface area contributed by atoms with Gasteiger partial charge < -0.3 is 26.6 Å². The topological polar surface area (TPSA) is 191 Å². The Morgan fingerprint density at radius 1 is 0.920 bits per heavy atom. The number of carbonyl (C=O) groups excluding carboxylic acids is 5. The number of rotatable bonds is 13. The van der Waals surface area contributed by atoms with Crippen molar-refractivity contribution in [2.24, 2.45) is 40.2 Å². The van der Waals surface area contributed by atoms with E-state index in [1.807, 2.05) is 34.6 Å². The lowest BCUT2D eigenvalue weighted by atomic mass is 9.83. The molecule has 0 aromatic carbocycles. The van der Waals surface area contributed by atoms with Crippen LogP contribution in [-0.2, 0) is 29.4 Å². The number of ketones is 1. The van der Waals surface area contributed by atoms with E-state index in [0.717, 1.165) is 44.9 Å². The maximum absolute atomic E-state index is 14.6. The quantitative estimate of drug-likeness (QED) is 0.208. The Morgan fingerprint density at radius 3 is 2.10 bits per heavy atom. The summed E-state index contributed by atoms with van der Waals surface area (Å²) in [4.78, 5) is 68.6. The van der Waals surface area contributed by atoms with Crippen LogP contribution in [0.5, 0.6) is 0 Å². The minimum atomic E-state index is -3.68. The summed E-state index contributed by atoms with van der Waals surface area (Å²) in [7, 11) is -3.68. The van der Waals surface area contributed by atoms with Crippen molar-refractivity contribution in [3.05, 3.63) is 0 Å². The third kappa shape index (κ3) is 7.99. The van der Waals surface area contributed by atoms with Gasteiger partial charge in [-0.15, -0.1) is 0 Å². The third-order valence-corrected chi connectivity index (χ3v) is 14.3. The van der Waals surface area contributed by atoms with Crippen LogP contribution in [0.4, 0.5) is 4.79 Å². The minimum absolute atomic E-state index is 0.0786. The van der Waals surface area contributed by atoms with Gasteiger partial charge in [-0.05, 0) is 67.6 Å². The van der Waals surface area contributed by atoms with Crippen molar-refractivity contribution in [3.8, 4) is 0 Å². The molecule has 6 atom stereocenters. The average Bonchev–Trinajstić information content (AvgIpc) is 3.83. The zero-order valence-corrected chi connectivity index (χ0v) is 31.7. The maximum Gasteiger partial charge on any atom is 0.315 e. The molecule has 14 nitrogen and oxygen atoms in total. The van der Waals surface area contributed by atoms with Crippen LogP contribution in [0.15, 0.2) is 0 Å². The second-order valence-electron chi connectivity index (χ2n) is 17.3. The van der Waals surface area contributed by atoms with Crippen LogP contribution >= 0.6 is 0 Å². The highest BCUT2D eigenvalue weighted by Crippen LogP contribution is 2.65. The van der Waals surface area contributed by atoms with Gasteiger partial charge in [0.25, 0.3) is 16.1 Å². The Morgan fingerprint density at radius 2 is 1.56 bits per heavy atom. The lowest BCUT2D eigenvalue weighted by Gasteiger charge is -2.38. The molecular formula is C35H59N7O7S. The van der Waals surface area contributed by atoms with Crippen molar-refractivity contribution in [1.82, 2.24) is 29.5 Å². The lowest BCUT2D eigenvalue weighted by Crippen LogP contribution is -2.61. The highest BCUT2D eigenvalue weighted by Gasteiger charge is 2.70. The molecule has 282 valence electrons. The predicted molar refractivity (Wildman–Crippen MR) is 187 cm³/mol. The van der Waals surface area contributed by atoms with Gasteiger partial charge in [0.1, 0.15) is 12.1 Å². The van der Waals surface area contributed by atoms with Crippen LogP contribution in [0.1, 0.15) is 99.8 Å². The molecule has 5 fully saturated rings. The summed E-state index contributed by atoms with van der Waals surface area (Å²) in [5.41, 5.74) is 4.64. The van der Waals surface area contributed by atoms with Crippen molar-refractivity contribution in [2.45, 2.75) is 130 Å². The van der Waals surface area contributed by atoms with Gasteiger partial charge in [-0.1, -0.05) is 66.7 Å². The van der Waals surface area contributed by atoms with Gasteiger partial charge in [-0.3, -0.25) is 19.2 Å². The van der Waals surface area contributed by atoms with Crippen molar-refractivity contribution in [1.29, 1.82) is 0 Å². The maximum atomic E-state index is 14.6. The molecule has 5 amide bonds. The number of likely N-dealkylation sites (tertiary alicyclic amines) is 1. The van der Waals surface area contributed by atoms with Crippen LogP contribution in [0.2, 0.25) is 0 Å². The van der Waals surface area contributed by atoms with Gasteiger partial charge >= 0.3 is 6.03 Å². The Labute approximate surface area is 297 Å². The molecule has 3 saturated carbocycles. The molecule has 5 rings (SSSR count). The van der Waals surface area contributed by atoms with Gasteiger partial charge in [0.05, 0.1) is 6.04 Å². The van der Waals surface area contributed by atoms with Crippen LogP contribution in [0.3, 0.4) is 0 Å². The number of carbonyl (C=O) groups is 5. The predicted octanol–water partition coefficient (Wildman–Crippen LogP) is 1.74. The van der Waals surface area contributed by atoms with Crippen molar-refractivity contribution < 1.29 is 32.4 Å². The summed E-state index contributed by atoms with van der Waals surface area (Å²) < 4.78 is 29.4. The fourth-order valence-electron chi connectivity index (χ4n) is 8.57. The summed E-state index contributed by atoms with van der Waals surface area (Å²) in [6.07, 6.45) is 6.54. The number of urea groups is 1. The van der Waals surface area contributed by atoms with Crippen molar-refractivity contribution in [3.63, 3.8) is 0 Å². The average molecular weight is 722 g/mol. The molecule has 0 aromatic rings. The van der Waals surface area contributed by atoms with E-state index in [0.29, 0.717) is 26.1 Å². The molecule has 0 aromatic heterocycles. The molecular weight excluding hydrogens is 662 g/mol. The largest absolute Gasteiger partial charge is 0.363 e. The van der Waals surface area contributed by atoms with Crippen LogP contribution in [-0.4, -0.2) is 108 Å². The number of primary amides is 1. The van der Waals surface area contributed by atoms with Crippen LogP contribution < -0.4 is 21.7 Å². The first-order chi connectivity index (χ1) is 23.2. The van der Waals surface area contributed by atoms with E-state index in [-0.39, 0.29) is 47.6 Å². The first kappa shape index (κ1) is 38.5. The molecule has 0 spiro atoms. The summed E-state index contributed by atoms with van der Waals surface area (Å²) in [6, 6.07) is -4.09. The Balaban J connectivity index is 1.34. The molecule has 3 aliphatic carbocycles. The van der Waals surface area contributed by atoms with E-state index in [4.69, 9.17) is 5.73 Å². The lowest BCUT2D eigenvalue weighted by molar-refractivity contribution is -0.144. The smallest absolute Gasteiger partial charge is 0.315 e. The number of nitrogens with one attached hydrogen (secondary N) is 3. The fourth-order valence-corrected chi connectivity index (χ4v) is 10.4. The highest BCUT2D eigenvalue weighted by atomic mass is 32.2. The summed E-state index contributed by atoms with van der Waals surface area (Å²) in [5, 5.41) is 8.81. The van der Waals surface area contributed by atoms with Gasteiger partial charge in [-0.2, -0.15) is 17.0 Å². The van der Waals surface area contributed by atoms with E-state index in [9.17, 15) is 32.4 Å². The Hall–Kier alpha value is -2.78. The summed E-state index contributed by atoms with van der Waals surface area (Å²) >= 11 is 0. The second kappa shape index (κ2) is 14.3. The van der Waals surface area contributed by atoms with E-state index < -0.39 is 63.4 Å². The number of nitrogens with zero attached hydrogens (tertiary/aromatic N) is 3. The molecule has 5 N–H and O–H groups in total. The van der Waals surface area contributed by atoms with Gasteiger partial charge in [0.2, 0.25) is 17.6 Å². The molecule has 2 heterocycles. The molecule has 0 radical (unpaired) electrons. The third-order valence-electron chi connectivity index (χ3n) is 12.1. The fraction of sp³-hybridized carbons (Fsp3) is 0.857. The molecule has 50 heavy (non-hydrogen) atoms. The SMILES string of the molecule is CC(C)N1CCN(C[C@@H](NC(=O)N[C@H](C(=O)N2C[C@H]3[C@@H]([C@H]2C(=O)NC(CC2CC2)C(=O)C(N)=O)C3(C)C)C2CCCCC2)C(C)(C)C)S1(=O)=O. The second-order valence-corrected chi connectivity index (χ2v) is 19.2. The van der Waals surface area contributed by atoms with E-state index >= 15 is 0 Å². The van der Waals surface area contributed by atoms with Crippen LogP contribution in [0.25, 0.3) is 0 Å². The number of piperidine rings is 1. The van der Waals surface area contributed by atoms with E-state index in [1.165, 1.54) is 8.61 Å². The van der Waals surface area contributed by atoms with Crippen molar-refractivity contribution >= 4 is 39.7 Å². The molecule has 2 aliphatic heterocycles. The summed E-state index contributed by atoms with van der Waals surface area (Å²) in [6.45, 7) is 14.8. The number of hydrogen-bond acceptors (Lipinski definition) is 7. The molecule has 1 unspecified atom stereocenters. The summed E-state index contributed by atoms with van der Waals surface area (Å²) in [5.74, 6) is -2.69.